The predicted molar refractivity (Wildman–Crippen MR) is 110 cm³/mol. The van der Waals surface area contributed by atoms with Crippen LogP contribution < -0.4 is 5.32 Å². The first kappa shape index (κ1) is 20.0. The third-order valence-electron chi connectivity index (χ3n) is 4.16. The van der Waals surface area contributed by atoms with E-state index in [4.69, 9.17) is 16.3 Å². The maximum atomic E-state index is 12.1. The van der Waals surface area contributed by atoms with Gasteiger partial charge in [0.05, 0.1) is 11.3 Å². The molecule has 3 rings (SSSR count). The number of esters is 1. The van der Waals surface area contributed by atoms with E-state index in [1.807, 2.05) is 12.3 Å². The number of nitrogens with one attached hydrogen (secondary N) is 1. The molecule has 2 aromatic heterocycles. The maximum absolute atomic E-state index is 12.1. The molecule has 0 aliphatic carbocycles. The van der Waals surface area contributed by atoms with Crippen molar-refractivity contribution in [1.29, 1.82) is 0 Å². The summed E-state index contributed by atoms with van der Waals surface area (Å²) in [7, 11) is 0. The highest BCUT2D eigenvalue weighted by Crippen LogP contribution is 2.29. The molecule has 0 bridgehead atoms. The number of ether oxygens (including phenoxy) is 1. The van der Waals surface area contributed by atoms with Gasteiger partial charge in [0, 0.05) is 17.1 Å². The van der Waals surface area contributed by atoms with E-state index < -0.39 is 18.5 Å². The molecule has 0 saturated carbocycles. The van der Waals surface area contributed by atoms with E-state index in [0.29, 0.717) is 5.13 Å². The first-order chi connectivity index (χ1) is 13.3. The lowest BCUT2D eigenvalue weighted by Gasteiger charge is -2.07. The number of aromatic nitrogens is 2. The lowest BCUT2D eigenvalue weighted by molar-refractivity contribution is -0.119. The highest BCUT2D eigenvalue weighted by molar-refractivity contribution is 7.14. The van der Waals surface area contributed by atoms with E-state index in [9.17, 15) is 9.59 Å². The van der Waals surface area contributed by atoms with Gasteiger partial charge < -0.3 is 4.74 Å². The molecular weight excluding hydrogens is 398 g/mol. The zero-order valence-corrected chi connectivity index (χ0v) is 17.1. The Kier molecular flexibility index (Phi) is 6.06. The fraction of sp³-hybridized carbons (Fsp3) is 0.200. The Morgan fingerprint density at radius 1 is 1.14 bits per heavy atom. The van der Waals surface area contributed by atoms with Crippen LogP contribution in [0.4, 0.5) is 5.13 Å². The van der Waals surface area contributed by atoms with Crippen molar-refractivity contribution in [3.8, 4) is 11.3 Å². The molecule has 8 heteroatoms. The summed E-state index contributed by atoms with van der Waals surface area (Å²) in [5, 5.41) is 5.25. The van der Waals surface area contributed by atoms with Gasteiger partial charge in [-0.25, -0.2) is 14.8 Å². The molecule has 0 radical (unpaired) electrons. The minimum atomic E-state index is -0.648. The number of amides is 1. The molecule has 28 heavy (non-hydrogen) atoms. The molecule has 1 amide bonds. The first-order valence-electron chi connectivity index (χ1n) is 8.46. The Balaban J connectivity index is 1.60. The molecule has 1 N–H and O–H groups in total. The van der Waals surface area contributed by atoms with Gasteiger partial charge >= 0.3 is 5.97 Å². The van der Waals surface area contributed by atoms with Gasteiger partial charge in [-0.1, -0.05) is 17.7 Å². The Morgan fingerprint density at radius 3 is 2.61 bits per heavy atom. The standard InChI is InChI=1S/C20H18ClN3O3S/c1-11-6-13(3)15(7-12(11)2)16-10-28-20(23-16)24-18(25)9-27-19(26)14-4-5-17(21)22-8-14/h4-8,10H,9H2,1-3H3,(H,23,24,25). The fourth-order valence-corrected chi connectivity index (χ4v) is 3.40. The number of hydrogen-bond donors (Lipinski definition) is 1. The van der Waals surface area contributed by atoms with Gasteiger partial charge in [-0.3, -0.25) is 10.1 Å². The van der Waals surface area contributed by atoms with Crippen LogP contribution in [0.3, 0.4) is 0 Å². The lowest BCUT2D eigenvalue weighted by atomic mass is 9.99. The second-order valence-corrected chi connectivity index (χ2v) is 7.53. The van der Waals surface area contributed by atoms with Gasteiger partial charge in [-0.2, -0.15) is 0 Å². The Bertz CT molecular complexity index is 1030. The van der Waals surface area contributed by atoms with E-state index in [0.717, 1.165) is 16.8 Å². The summed E-state index contributed by atoms with van der Waals surface area (Å²) >= 11 is 6.99. The third kappa shape index (κ3) is 4.74. The number of rotatable bonds is 5. The molecule has 1 aromatic carbocycles. The summed E-state index contributed by atoms with van der Waals surface area (Å²) < 4.78 is 4.98. The van der Waals surface area contributed by atoms with Crippen molar-refractivity contribution in [3.63, 3.8) is 0 Å². The number of anilines is 1. The van der Waals surface area contributed by atoms with Crippen LogP contribution in [0, 0.1) is 20.8 Å². The largest absolute Gasteiger partial charge is 0.452 e. The lowest BCUT2D eigenvalue weighted by Crippen LogP contribution is -2.20. The fourth-order valence-electron chi connectivity index (χ4n) is 2.56. The Morgan fingerprint density at radius 2 is 1.89 bits per heavy atom. The minimum Gasteiger partial charge on any atom is -0.452 e. The van der Waals surface area contributed by atoms with E-state index in [2.05, 4.69) is 41.3 Å². The van der Waals surface area contributed by atoms with Crippen LogP contribution >= 0.6 is 22.9 Å². The maximum Gasteiger partial charge on any atom is 0.340 e. The van der Waals surface area contributed by atoms with E-state index in [1.165, 1.54) is 40.8 Å². The summed E-state index contributed by atoms with van der Waals surface area (Å²) in [6.07, 6.45) is 1.29. The van der Waals surface area contributed by atoms with Crippen molar-refractivity contribution in [2.75, 3.05) is 11.9 Å². The molecule has 0 fully saturated rings. The van der Waals surface area contributed by atoms with Gasteiger partial charge in [-0.15, -0.1) is 11.3 Å². The molecule has 6 nitrogen and oxygen atoms in total. The SMILES string of the molecule is Cc1cc(C)c(-c2csc(NC(=O)COC(=O)c3ccc(Cl)nc3)n2)cc1C. The minimum absolute atomic E-state index is 0.221. The normalized spacial score (nSPS) is 10.6. The van der Waals surface area contributed by atoms with Crippen molar-refractivity contribution in [2.45, 2.75) is 20.8 Å². The topological polar surface area (TPSA) is 81.2 Å². The van der Waals surface area contributed by atoms with Crippen LogP contribution in [-0.4, -0.2) is 28.5 Å². The van der Waals surface area contributed by atoms with Crippen LogP contribution in [0.5, 0.6) is 0 Å². The van der Waals surface area contributed by atoms with Crippen molar-refractivity contribution < 1.29 is 14.3 Å². The number of halogens is 1. The average Bonchev–Trinajstić information content (AvgIpc) is 3.11. The smallest absolute Gasteiger partial charge is 0.340 e. The van der Waals surface area contributed by atoms with Crippen LogP contribution in [0.1, 0.15) is 27.0 Å². The van der Waals surface area contributed by atoms with Crippen LogP contribution in [0.15, 0.2) is 35.8 Å². The monoisotopic (exact) mass is 415 g/mol. The van der Waals surface area contributed by atoms with Crippen molar-refractivity contribution in [2.24, 2.45) is 0 Å². The van der Waals surface area contributed by atoms with Crippen molar-refractivity contribution in [1.82, 2.24) is 9.97 Å². The number of carbonyl (C=O) groups is 2. The molecule has 0 spiro atoms. The molecule has 0 unspecified atom stereocenters. The number of hydrogen-bond acceptors (Lipinski definition) is 6. The molecule has 144 valence electrons. The van der Waals surface area contributed by atoms with Gasteiger partial charge in [0.15, 0.2) is 11.7 Å². The Labute approximate surface area is 171 Å². The van der Waals surface area contributed by atoms with Crippen LogP contribution in [0.25, 0.3) is 11.3 Å². The molecule has 0 saturated heterocycles. The number of carbonyl (C=O) groups excluding carboxylic acids is 2. The zero-order valence-electron chi connectivity index (χ0n) is 15.6. The molecule has 0 aliphatic heterocycles. The summed E-state index contributed by atoms with van der Waals surface area (Å²) in [6, 6.07) is 7.17. The molecule has 2 heterocycles. The number of nitrogens with zero attached hydrogens (tertiary/aromatic N) is 2. The quantitative estimate of drug-likeness (QED) is 0.487. The molecule has 0 atom stereocenters. The molecule has 3 aromatic rings. The average molecular weight is 416 g/mol. The number of thiazole rings is 1. The first-order valence-corrected chi connectivity index (χ1v) is 9.71. The predicted octanol–water partition coefficient (Wildman–Crippen LogP) is 4.58. The van der Waals surface area contributed by atoms with Crippen LogP contribution in [-0.2, 0) is 9.53 Å². The second kappa shape index (κ2) is 8.50. The molecular formula is C20H18ClN3O3S. The number of pyridine rings is 1. The van der Waals surface area contributed by atoms with Gasteiger partial charge in [0.25, 0.3) is 5.91 Å². The van der Waals surface area contributed by atoms with Crippen LogP contribution in [0.2, 0.25) is 5.15 Å². The zero-order chi connectivity index (χ0) is 20.3. The molecule has 0 aliphatic rings. The number of aryl methyl sites for hydroxylation is 3. The number of benzene rings is 1. The van der Waals surface area contributed by atoms with Crippen molar-refractivity contribution in [3.05, 3.63) is 63.2 Å². The second-order valence-electron chi connectivity index (χ2n) is 6.28. The summed E-state index contributed by atoms with van der Waals surface area (Å²) in [5.41, 5.74) is 5.58. The van der Waals surface area contributed by atoms with E-state index >= 15 is 0 Å². The summed E-state index contributed by atoms with van der Waals surface area (Å²) in [4.78, 5) is 32.2. The van der Waals surface area contributed by atoms with Gasteiger partial charge in [0.1, 0.15) is 5.15 Å². The third-order valence-corrected chi connectivity index (χ3v) is 5.15. The van der Waals surface area contributed by atoms with E-state index in [1.54, 1.807) is 0 Å². The highest BCUT2D eigenvalue weighted by Gasteiger charge is 2.13. The van der Waals surface area contributed by atoms with Crippen molar-refractivity contribution >= 4 is 39.9 Å². The Hall–Kier alpha value is -2.77. The summed E-state index contributed by atoms with van der Waals surface area (Å²) in [6.45, 7) is 5.74. The summed E-state index contributed by atoms with van der Waals surface area (Å²) in [5.74, 6) is -1.11. The van der Waals surface area contributed by atoms with Gasteiger partial charge in [0.2, 0.25) is 0 Å². The van der Waals surface area contributed by atoms with E-state index in [-0.39, 0.29) is 10.7 Å². The van der Waals surface area contributed by atoms with Gasteiger partial charge in [-0.05, 0) is 55.7 Å². The highest BCUT2D eigenvalue weighted by atomic mass is 35.5.